The number of nitrogens with one attached hydrogen (secondary N) is 1. The summed E-state index contributed by atoms with van der Waals surface area (Å²) in [6.07, 6.45) is 0. The normalized spacial score (nSPS) is 10.7. The smallest absolute Gasteiger partial charge is 0.275 e. The maximum Gasteiger partial charge on any atom is 0.275 e. The average molecular weight is 469 g/mol. The van der Waals surface area contributed by atoms with Gasteiger partial charge in [0, 0.05) is 32.2 Å². The second kappa shape index (κ2) is 9.52. The maximum absolute atomic E-state index is 12.5. The molecule has 4 nitrogen and oxygen atoms in total. The van der Waals surface area contributed by atoms with E-state index in [2.05, 4.69) is 10.3 Å². The third kappa shape index (κ3) is 5.44. The highest BCUT2D eigenvalue weighted by Crippen LogP contribution is 2.27. The lowest BCUT2D eigenvalue weighted by Crippen LogP contribution is -2.12. The summed E-state index contributed by atoms with van der Waals surface area (Å²) < 4.78 is 5.81. The number of amides is 1. The molecule has 0 fully saturated rings. The fourth-order valence-corrected chi connectivity index (χ4v) is 4.11. The quantitative estimate of drug-likeness (QED) is 0.323. The molecule has 0 atom stereocenters. The van der Waals surface area contributed by atoms with Crippen molar-refractivity contribution < 1.29 is 9.53 Å². The van der Waals surface area contributed by atoms with Gasteiger partial charge in [-0.15, -0.1) is 11.3 Å². The van der Waals surface area contributed by atoms with Crippen molar-refractivity contribution in [2.75, 3.05) is 5.32 Å². The number of hydrogen-bond acceptors (Lipinski definition) is 4. The number of carbonyl (C=O) groups is 1. The molecule has 1 amide bonds. The van der Waals surface area contributed by atoms with E-state index in [-0.39, 0.29) is 5.91 Å². The zero-order valence-corrected chi connectivity index (χ0v) is 18.9. The molecule has 3 aromatic carbocycles. The molecule has 0 aliphatic heterocycles. The Morgan fingerprint density at radius 3 is 2.48 bits per heavy atom. The Balaban J connectivity index is 1.39. The number of rotatable bonds is 6. The van der Waals surface area contributed by atoms with Gasteiger partial charge in [-0.1, -0.05) is 47.0 Å². The fourth-order valence-electron chi connectivity index (χ4n) is 2.84. The number of nitrogens with zero attached hydrogens (tertiary/aromatic N) is 1. The van der Waals surface area contributed by atoms with Crippen LogP contribution in [0.25, 0.3) is 10.6 Å². The lowest BCUT2D eigenvalue weighted by Gasteiger charge is -2.08. The molecule has 4 aromatic rings. The molecule has 0 unspecified atom stereocenters. The number of anilines is 1. The largest absolute Gasteiger partial charge is 0.489 e. The van der Waals surface area contributed by atoms with Gasteiger partial charge in [-0.2, -0.15) is 0 Å². The lowest BCUT2D eigenvalue weighted by molar-refractivity contribution is 0.102. The van der Waals surface area contributed by atoms with E-state index >= 15 is 0 Å². The summed E-state index contributed by atoms with van der Waals surface area (Å²) in [6, 6.07) is 20.5. The Kier molecular flexibility index (Phi) is 6.56. The first-order valence-electron chi connectivity index (χ1n) is 9.48. The summed E-state index contributed by atoms with van der Waals surface area (Å²) in [6.45, 7) is 2.34. The van der Waals surface area contributed by atoms with E-state index in [1.807, 2.05) is 61.5 Å². The highest BCUT2D eigenvalue weighted by Gasteiger charge is 2.12. The van der Waals surface area contributed by atoms with Crippen LogP contribution < -0.4 is 10.1 Å². The van der Waals surface area contributed by atoms with Crippen molar-refractivity contribution in [2.45, 2.75) is 13.5 Å². The van der Waals surface area contributed by atoms with Crippen molar-refractivity contribution in [1.82, 2.24) is 4.98 Å². The van der Waals surface area contributed by atoms with E-state index in [1.165, 1.54) is 11.3 Å². The van der Waals surface area contributed by atoms with Crippen molar-refractivity contribution in [3.8, 4) is 16.3 Å². The predicted molar refractivity (Wildman–Crippen MR) is 127 cm³/mol. The minimum absolute atomic E-state index is 0.230. The van der Waals surface area contributed by atoms with Gasteiger partial charge in [-0.25, -0.2) is 4.98 Å². The van der Waals surface area contributed by atoms with Crippen LogP contribution in [0.1, 0.15) is 21.6 Å². The number of thiazole rings is 1. The van der Waals surface area contributed by atoms with Gasteiger partial charge in [0.25, 0.3) is 5.91 Å². The van der Waals surface area contributed by atoms with Crippen LogP contribution in [-0.2, 0) is 6.61 Å². The van der Waals surface area contributed by atoms with Crippen molar-refractivity contribution in [1.29, 1.82) is 0 Å². The van der Waals surface area contributed by atoms with Gasteiger partial charge in [0.15, 0.2) is 0 Å². The van der Waals surface area contributed by atoms with E-state index < -0.39 is 0 Å². The molecule has 0 bridgehead atoms. The minimum atomic E-state index is -0.230. The monoisotopic (exact) mass is 468 g/mol. The van der Waals surface area contributed by atoms with E-state index in [1.54, 1.807) is 17.5 Å². The first-order chi connectivity index (χ1) is 15.0. The molecule has 0 saturated carbocycles. The number of halogens is 2. The summed E-state index contributed by atoms with van der Waals surface area (Å²) in [5.41, 5.74) is 4.04. The topological polar surface area (TPSA) is 51.2 Å². The van der Waals surface area contributed by atoms with E-state index in [4.69, 9.17) is 27.9 Å². The third-order valence-electron chi connectivity index (χ3n) is 4.56. The number of aromatic nitrogens is 1. The predicted octanol–water partition coefficient (Wildman–Crippen LogP) is 7.26. The Hall–Kier alpha value is -2.86. The molecule has 4 rings (SSSR count). The van der Waals surface area contributed by atoms with Crippen LogP contribution in [0.15, 0.2) is 72.1 Å². The first kappa shape index (κ1) is 21.4. The summed E-state index contributed by atoms with van der Waals surface area (Å²) in [5.74, 6) is 0.481. The molecule has 1 heterocycles. The SMILES string of the molecule is Cc1ccc(NC(=O)c2csc(-c3ccc(OCc4ccc(Cl)cc4Cl)cc3)n2)cc1. The maximum atomic E-state index is 12.5. The Morgan fingerprint density at radius 1 is 1.03 bits per heavy atom. The zero-order chi connectivity index (χ0) is 21.8. The van der Waals surface area contributed by atoms with Gasteiger partial charge >= 0.3 is 0 Å². The first-order valence-corrected chi connectivity index (χ1v) is 11.1. The number of carbonyl (C=O) groups excluding carboxylic acids is 1. The Morgan fingerprint density at radius 2 is 1.77 bits per heavy atom. The van der Waals surface area contributed by atoms with Gasteiger partial charge < -0.3 is 10.1 Å². The van der Waals surface area contributed by atoms with Crippen LogP contribution in [0.3, 0.4) is 0 Å². The lowest BCUT2D eigenvalue weighted by atomic mass is 10.2. The van der Waals surface area contributed by atoms with Crippen LogP contribution >= 0.6 is 34.5 Å². The molecule has 156 valence electrons. The molecule has 0 spiro atoms. The molecule has 0 aliphatic carbocycles. The standard InChI is InChI=1S/C24H18Cl2N2O2S/c1-15-2-8-19(9-3-15)27-23(29)22-14-31-24(28-22)16-5-10-20(11-6-16)30-13-17-4-7-18(25)12-21(17)26/h2-12,14H,13H2,1H3,(H,27,29). The van der Waals surface area contributed by atoms with Gasteiger partial charge in [0.1, 0.15) is 23.1 Å². The second-order valence-corrected chi connectivity index (χ2v) is 8.61. The van der Waals surface area contributed by atoms with Crippen molar-refractivity contribution in [3.63, 3.8) is 0 Å². The van der Waals surface area contributed by atoms with E-state index in [9.17, 15) is 4.79 Å². The molecular formula is C24H18Cl2N2O2S. The van der Waals surface area contributed by atoms with Crippen LogP contribution in [-0.4, -0.2) is 10.9 Å². The summed E-state index contributed by atoms with van der Waals surface area (Å²) in [5, 5.41) is 6.55. The molecule has 0 radical (unpaired) electrons. The average Bonchev–Trinajstić information content (AvgIpc) is 3.26. The summed E-state index contributed by atoms with van der Waals surface area (Å²) in [4.78, 5) is 16.9. The summed E-state index contributed by atoms with van der Waals surface area (Å²) >= 11 is 13.5. The Labute approximate surface area is 194 Å². The molecule has 1 N–H and O–H groups in total. The second-order valence-electron chi connectivity index (χ2n) is 6.91. The third-order valence-corrected chi connectivity index (χ3v) is 6.04. The molecular weight excluding hydrogens is 451 g/mol. The van der Waals surface area contributed by atoms with Gasteiger partial charge in [-0.05, 0) is 55.5 Å². The highest BCUT2D eigenvalue weighted by molar-refractivity contribution is 7.13. The van der Waals surface area contributed by atoms with Crippen molar-refractivity contribution >= 4 is 46.1 Å². The highest BCUT2D eigenvalue weighted by atomic mass is 35.5. The minimum Gasteiger partial charge on any atom is -0.489 e. The van der Waals surface area contributed by atoms with Crippen LogP contribution in [0.2, 0.25) is 10.0 Å². The van der Waals surface area contributed by atoms with E-state index in [0.717, 1.165) is 27.4 Å². The number of hydrogen-bond donors (Lipinski definition) is 1. The Bertz CT molecular complexity index is 1210. The molecule has 31 heavy (non-hydrogen) atoms. The van der Waals surface area contributed by atoms with Gasteiger partial charge in [0.2, 0.25) is 0 Å². The fraction of sp³-hybridized carbons (Fsp3) is 0.0833. The number of benzene rings is 3. The zero-order valence-electron chi connectivity index (χ0n) is 16.6. The van der Waals surface area contributed by atoms with Gasteiger partial charge in [0.05, 0.1) is 0 Å². The molecule has 7 heteroatoms. The van der Waals surface area contributed by atoms with Crippen molar-refractivity contribution in [2.24, 2.45) is 0 Å². The number of ether oxygens (including phenoxy) is 1. The van der Waals surface area contributed by atoms with E-state index in [0.29, 0.717) is 28.1 Å². The molecule has 0 aliphatic rings. The molecule has 1 aromatic heterocycles. The van der Waals surface area contributed by atoms with Crippen molar-refractivity contribution in [3.05, 3.63) is 99.0 Å². The van der Waals surface area contributed by atoms with Crippen LogP contribution in [0, 0.1) is 6.92 Å². The van der Waals surface area contributed by atoms with Gasteiger partial charge in [-0.3, -0.25) is 4.79 Å². The summed E-state index contributed by atoms with van der Waals surface area (Å²) in [7, 11) is 0. The van der Waals surface area contributed by atoms with Crippen LogP contribution in [0.5, 0.6) is 5.75 Å². The molecule has 0 saturated heterocycles. The number of aryl methyl sites for hydroxylation is 1. The van der Waals surface area contributed by atoms with Crippen LogP contribution in [0.4, 0.5) is 5.69 Å².